The molecule has 0 saturated carbocycles. The summed E-state index contributed by atoms with van der Waals surface area (Å²) in [5.41, 5.74) is 1.43. The molecular formula is C17H18. The number of benzene rings is 2. The largest absolute Gasteiger partial charge is 0.120 e. The highest BCUT2D eigenvalue weighted by atomic mass is 14.0. The molecule has 0 aliphatic rings. The number of rotatable bonds is 5. The molecule has 0 radical (unpaired) electrons. The van der Waals surface area contributed by atoms with Crippen LogP contribution < -0.4 is 0 Å². The van der Waals surface area contributed by atoms with Crippen molar-refractivity contribution in [1.82, 2.24) is 0 Å². The van der Waals surface area contributed by atoms with Crippen LogP contribution in [-0.2, 0) is 6.42 Å². The molecule has 17 heavy (non-hydrogen) atoms. The van der Waals surface area contributed by atoms with E-state index < -0.39 is 0 Å². The lowest BCUT2D eigenvalue weighted by Crippen LogP contribution is -1.86. The molecule has 0 nitrogen and oxygen atoms in total. The molecular weight excluding hydrogens is 204 g/mol. The first-order chi connectivity index (χ1) is 8.40. The van der Waals surface area contributed by atoms with Gasteiger partial charge in [-0.1, -0.05) is 48.9 Å². The van der Waals surface area contributed by atoms with E-state index in [1.165, 1.54) is 29.2 Å². The van der Waals surface area contributed by atoms with Crippen molar-refractivity contribution in [2.45, 2.75) is 32.1 Å². The fraction of sp³-hybridized carbons (Fsp3) is 0.294. The van der Waals surface area contributed by atoms with Gasteiger partial charge in [0.05, 0.1) is 0 Å². The number of fused-ring (bicyclic) bond motifs is 1. The lowest BCUT2D eigenvalue weighted by molar-refractivity contribution is 0.693. The third kappa shape index (κ3) is 3.36. The molecule has 0 heteroatoms. The Morgan fingerprint density at radius 3 is 2.53 bits per heavy atom. The predicted molar refractivity (Wildman–Crippen MR) is 75.0 cm³/mol. The first-order valence-electron chi connectivity index (χ1n) is 6.31. The maximum atomic E-state index is 5.23. The van der Waals surface area contributed by atoms with Gasteiger partial charge in [-0.2, -0.15) is 0 Å². The highest BCUT2D eigenvalue weighted by Gasteiger charge is 1.96. The van der Waals surface area contributed by atoms with Gasteiger partial charge in [-0.25, -0.2) is 0 Å². The lowest BCUT2D eigenvalue weighted by Gasteiger charge is -2.03. The van der Waals surface area contributed by atoms with Gasteiger partial charge in [0.25, 0.3) is 0 Å². The van der Waals surface area contributed by atoms with Crippen molar-refractivity contribution in [3.8, 4) is 12.3 Å². The number of unbranched alkanes of at least 4 members (excludes halogenated alkanes) is 3. The van der Waals surface area contributed by atoms with Crippen LogP contribution in [0.5, 0.6) is 0 Å². The van der Waals surface area contributed by atoms with Crippen LogP contribution in [0.3, 0.4) is 0 Å². The van der Waals surface area contributed by atoms with E-state index >= 15 is 0 Å². The minimum absolute atomic E-state index is 0.914. The summed E-state index contributed by atoms with van der Waals surface area (Å²) in [6.45, 7) is 0. The SMILES string of the molecule is C#CCCCCCc1ccc2ccccc2c1. The van der Waals surface area contributed by atoms with E-state index in [-0.39, 0.29) is 0 Å². The molecule has 0 unspecified atom stereocenters. The topological polar surface area (TPSA) is 0 Å². The molecule has 0 N–H and O–H groups in total. The number of hydrogen-bond donors (Lipinski definition) is 0. The van der Waals surface area contributed by atoms with Crippen LogP contribution in [0.4, 0.5) is 0 Å². The maximum Gasteiger partial charge on any atom is 0.00860 e. The van der Waals surface area contributed by atoms with E-state index in [0.29, 0.717) is 0 Å². The van der Waals surface area contributed by atoms with Crippen LogP contribution >= 0.6 is 0 Å². The van der Waals surface area contributed by atoms with Gasteiger partial charge in [0.15, 0.2) is 0 Å². The van der Waals surface area contributed by atoms with Gasteiger partial charge in [0.2, 0.25) is 0 Å². The molecule has 2 aromatic rings. The summed E-state index contributed by atoms with van der Waals surface area (Å²) in [5, 5.41) is 2.66. The van der Waals surface area contributed by atoms with Crippen molar-refractivity contribution >= 4 is 10.8 Å². The van der Waals surface area contributed by atoms with E-state index in [1.807, 2.05) is 0 Å². The highest BCUT2D eigenvalue weighted by molar-refractivity contribution is 5.82. The van der Waals surface area contributed by atoms with Crippen LogP contribution in [-0.4, -0.2) is 0 Å². The highest BCUT2D eigenvalue weighted by Crippen LogP contribution is 2.17. The number of terminal acetylenes is 1. The predicted octanol–water partition coefficient (Wildman–Crippen LogP) is 4.58. The van der Waals surface area contributed by atoms with Crippen LogP contribution in [0.15, 0.2) is 42.5 Å². The fourth-order valence-electron chi connectivity index (χ4n) is 2.13. The van der Waals surface area contributed by atoms with Crippen LogP contribution in [0.2, 0.25) is 0 Å². The first-order valence-corrected chi connectivity index (χ1v) is 6.31. The maximum absolute atomic E-state index is 5.23. The van der Waals surface area contributed by atoms with E-state index in [9.17, 15) is 0 Å². The molecule has 0 aliphatic heterocycles. The summed E-state index contributed by atoms with van der Waals surface area (Å²) in [7, 11) is 0. The molecule has 0 amide bonds. The third-order valence-electron chi connectivity index (χ3n) is 3.10. The normalized spacial score (nSPS) is 10.3. The van der Waals surface area contributed by atoms with Gasteiger partial charge in [-0.15, -0.1) is 12.3 Å². The Morgan fingerprint density at radius 2 is 1.71 bits per heavy atom. The first kappa shape index (κ1) is 11.7. The summed E-state index contributed by atoms with van der Waals surface area (Å²) in [4.78, 5) is 0. The summed E-state index contributed by atoms with van der Waals surface area (Å²) < 4.78 is 0. The van der Waals surface area contributed by atoms with Gasteiger partial charge in [0.1, 0.15) is 0 Å². The Hall–Kier alpha value is -1.74. The standard InChI is InChI=1S/C17H18/c1-2-3-4-5-6-9-15-12-13-16-10-7-8-11-17(16)14-15/h1,7-8,10-14H,3-6,9H2. The number of hydrogen-bond acceptors (Lipinski definition) is 0. The zero-order valence-electron chi connectivity index (χ0n) is 10.2. The van der Waals surface area contributed by atoms with Gasteiger partial charge in [0, 0.05) is 6.42 Å². The zero-order valence-corrected chi connectivity index (χ0v) is 10.2. The van der Waals surface area contributed by atoms with Gasteiger partial charge in [-0.05, 0) is 35.6 Å². The Morgan fingerprint density at radius 1 is 0.882 bits per heavy atom. The molecule has 0 atom stereocenters. The zero-order chi connectivity index (χ0) is 11.9. The molecule has 0 fully saturated rings. The molecule has 86 valence electrons. The number of aryl methyl sites for hydroxylation is 1. The van der Waals surface area contributed by atoms with Crippen molar-refractivity contribution < 1.29 is 0 Å². The minimum atomic E-state index is 0.914. The van der Waals surface area contributed by atoms with Crippen LogP contribution in [0, 0.1) is 12.3 Å². The Bertz CT molecular complexity index is 517. The van der Waals surface area contributed by atoms with Crippen LogP contribution in [0.1, 0.15) is 31.2 Å². The molecule has 0 aromatic heterocycles. The second-order valence-corrected chi connectivity index (χ2v) is 4.45. The minimum Gasteiger partial charge on any atom is -0.120 e. The second-order valence-electron chi connectivity index (χ2n) is 4.45. The molecule has 2 rings (SSSR count). The van der Waals surface area contributed by atoms with Crippen molar-refractivity contribution in [3.63, 3.8) is 0 Å². The summed E-state index contributed by atoms with van der Waals surface area (Å²) in [6.07, 6.45) is 10.9. The molecule has 0 bridgehead atoms. The van der Waals surface area contributed by atoms with Crippen molar-refractivity contribution in [1.29, 1.82) is 0 Å². The van der Waals surface area contributed by atoms with E-state index in [4.69, 9.17) is 6.42 Å². The van der Waals surface area contributed by atoms with Crippen molar-refractivity contribution in [2.75, 3.05) is 0 Å². The molecule has 2 aromatic carbocycles. The van der Waals surface area contributed by atoms with Crippen molar-refractivity contribution in [3.05, 3.63) is 48.0 Å². The Kier molecular flexibility index (Phi) is 4.22. The molecule has 0 saturated heterocycles. The average molecular weight is 222 g/mol. The fourth-order valence-corrected chi connectivity index (χ4v) is 2.13. The molecule has 0 heterocycles. The van der Waals surface area contributed by atoms with E-state index in [2.05, 4.69) is 48.4 Å². The second kappa shape index (κ2) is 6.11. The summed E-state index contributed by atoms with van der Waals surface area (Å²) in [6, 6.07) is 15.3. The smallest absolute Gasteiger partial charge is 0.00860 e. The van der Waals surface area contributed by atoms with E-state index in [0.717, 1.165) is 19.3 Å². The summed E-state index contributed by atoms with van der Waals surface area (Å²) >= 11 is 0. The molecule has 0 spiro atoms. The lowest BCUT2D eigenvalue weighted by atomic mass is 10.0. The van der Waals surface area contributed by atoms with Gasteiger partial charge in [-0.3, -0.25) is 0 Å². The van der Waals surface area contributed by atoms with Crippen molar-refractivity contribution in [2.24, 2.45) is 0 Å². The van der Waals surface area contributed by atoms with Gasteiger partial charge >= 0.3 is 0 Å². The third-order valence-corrected chi connectivity index (χ3v) is 3.10. The average Bonchev–Trinajstić information content (AvgIpc) is 2.38. The Balaban J connectivity index is 1.93. The Labute approximate surface area is 104 Å². The van der Waals surface area contributed by atoms with E-state index in [1.54, 1.807) is 0 Å². The van der Waals surface area contributed by atoms with Gasteiger partial charge < -0.3 is 0 Å². The molecule has 0 aliphatic carbocycles. The quantitative estimate of drug-likeness (QED) is 0.513. The monoisotopic (exact) mass is 222 g/mol. The summed E-state index contributed by atoms with van der Waals surface area (Å²) in [5.74, 6) is 2.69. The van der Waals surface area contributed by atoms with Crippen LogP contribution in [0.25, 0.3) is 10.8 Å².